The molecule has 2 amide bonds. The lowest BCUT2D eigenvalue weighted by Crippen LogP contribution is -2.48. The number of ether oxygens (including phenoxy) is 2. The number of hydrogen-bond acceptors (Lipinski definition) is 4. The molecule has 1 saturated heterocycles. The number of methoxy groups -OCH3 is 1. The van der Waals surface area contributed by atoms with Crippen molar-refractivity contribution in [3.8, 4) is 0 Å². The Morgan fingerprint density at radius 2 is 1.92 bits per heavy atom. The van der Waals surface area contributed by atoms with Crippen LogP contribution < -0.4 is 10.6 Å². The average Bonchev–Trinajstić information content (AvgIpc) is 2.55. The van der Waals surface area contributed by atoms with Crippen molar-refractivity contribution in [1.29, 1.82) is 0 Å². The summed E-state index contributed by atoms with van der Waals surface area (Å²) < 4.78 is 11.2. The highest BCUT2D eigenvalue weighted by molar-refractivity contribution is 5.73. The van der Waals surface area contributed by atoms with Gasteiger partial charge in [-0.25, -0.2) is 4.79 Å². The molecule has 3 atom stereocenters. The fraction of sp³-hybridized carbons (Fsp3) is 0.611. The van der Waals surface area contributed by atoms with Crippen LogP contribution in [0.25, 0.3) is 0 Å². The molecule has 0 bridgehead atoms. The van der Waals surface area contributed by atoms with Crippen LogP contribution in [0.15, 0.2) is 30.3 Å². The Bertz CT molecular complexity index is 488. The molecule has 134 valence electrons. The summed E-state index contributed by atoms with van der Waals surface area (Å²) >= 11 is 0. The lowest BCUT2D eigenvalue weighted by molar-refractivity contribution is -0.0672. The highest BCUT2D eigenvalue weighted by Crippen LogP contribution is 2.14. The molecule has 1 aliphatic rings. The van der Waals surface area contributed by atoms with Crippen molar-refractivity contribution in [1.82, 2.24) is 15.5 Å². The van der Waals surface area contributed by atoms with E-state index >= 15 is 0 Å². The van der Waals surface area contributed by atoms with Crippen LogP contribution in [-0.4, -0.2) is 63.0 Å². The van der Waals surface area contributed by atoms with Gasteiger partial charge >= 0.3 is 6.03 Å². The molecule has 3 unspecified atom stereocenters. The van der Waals surface area contributed by atoms with E-state index in [9.17, 15) is 4.79 Å². The molecule has 0 saturated carbocycles. The molecule has 2 rings (SSSR count). The van der Waals surface area contributed by atoms with Gasteiger partial charge in [-0.15, -0.1) is 0 Å². The van der Waals surface area contributed by atoms with E-state index < -0.39 is 0 Å². The molecule has 1 aromatic carbocycles. The van der Waals surface area contributed by atoms with Crippen molar-refractivity contribution in [3.63, 3.8) is 0 Å². The minimum Gasteiger partial charge on any atom is -0.375 e. The number of carbonyl (C=O) groups is 1. The van der Waals surface area contributed by atoms with Gasteiger partial charge in [0.15, 0.2) is 0 Å². The van der Waals surface area contributed by atoms with Gasteiger partial charge in [-0.1, -0.05) is 30.3 Å². The number of hydrogen-bond donors (Lipinski definition) is 2. The molecule has 6 nitrogen and oxygen atoms in total. The molecule has 0 aliphatic carbocycles. The first-order chi connectivity index (χ1) is 11.6. The van der Waals surface area contributed by atoms with Crippen LogP contribution in [0.1, 0.15) is 25.5 Å². The second kappa shape index (κ2) is 9.61. The maximum atomic E-state index is 11.9. The van der Waals surface area contributed by atoms with Gasteiger partial charge in [-0.3, -0.25) is 4.90 Å². The third kappa shape index (κ3) is 6.11. The first kappa shape index (κ1) is 18.7. The number of rotatable bonds is 7. The standard InChI is InChI=1S/C18H29N3O3/c1-14-12-21(13-15(2)24-14)10-9-19-18(22)20-11-17(23-3)16-7-5-4-6-8-16/h4-8,14-15,17H,9-13H2,1-3H3,(H2,19,20,22). The predicted molar refractivity (Wildman–Crippen MR) is 94.0 cm³/mol. The quantitative estimate of drug-likeness (QED) is 0.797. The van der Waals surface area contributed by atoms with Crippen molar-refractivity contribution in [2.24, 2.45) is 0 Å². The fourth-order valence-electron chi connectivity index (χ4n) is 3.05. The topological polar surface area (TPSA) is 62.8 Å². The molecule has 0 spiro atoms. The lowest BCUT2D eigenvalue weighted by Gasteiger charge is -2.35. The average molecular weight is 335 g/mol. The highest BCUT2D eigenvalue weighted by Gasteiger charge is 2.21. The predicted octanol–water partition coefficient (Wildman–Crippen LogP) is 1.78. The Balaban J connectivity index is 1.66. The number of amides is 2. The molecule has 6 heteroatoms. The summed E-state index contributed by atoms with van der Waals surface area (Å²) in [6.07, 6.45) is 0.352. The lowest BCUT2D eigenvalue weighted by atomic mass is 10.1. The summed E-state index contributed by atoms with van der Waals surface area (Å²) in [5.41, 5.74) is 1.05. The summed E-state index contributed by atoms with van der Waals surface area (Å²) in [6.45, 7) is 7.87. The molecule has 24 heavy (non-hydrogen) atoms. The molecule has 1 aromatic rings. The number of nitrogens with zero attached hydrogens (tertiary/aromatic N) is 1. The maximum absolute atomic E-state index is 11.9. The zero-order valence-electron chi connectivity index (χ0n) is 14.8. The van der Waals surface area contributed by atoms with E-state index in [1.54, 1.807) is 7.11 Å². The van der Waals surface area contributed by atoms with Crippen LogP contribution in [0.2, 0.25) is 0 Å². The number of benzene rings is 1. The van der Waals surface area contributed by atoms with Gasteiger partial charge in [-0.05, 0) is 19.4 Å². The summed E-state index contributed by atoms with van der Waals surface area (Å²) in [5, 5.41) is 5.77. The van der Waals surface area contributed by atoms with E-state index in [0.717, 1.165) is 25.2 Å². The molecule has 1 fully saturated rings. The zero-order chi connectivity index (χ0) is 17.4. The second-order valence-corrected chi connectivity index (χ2v) is 6.29. The van der Waals surface area contributed by atoms with Crippen LogP contribution in [-0.2, 0) is 9.47 Å². The molecular weight excluding hydrogens is 306 g/mol. The van der Waals surface area contributed by atoms with Gasteiger partial charge < -0.3 is 20.1 Å². The van der Waals surface area contributed by atoms with Crippen LogP contribution in [0.3, 0.4) is 0 Å². The molecule has 2 N–H and O–H groups in total. The second-order valence-electron chi connectivity index (χ2n) is 6.29. The maximum Gasteiger partial charge on any atom is 0.314 e. The molecule has 1 aliphatic heterocycles. The smallest absolute Gasteiger partial charge is 0.314 e. The van der Waals surface area contributed by atoms with Crippen LogP contribution in [0, 0.1) is 0 Å². The minimum absolute atomic E-state index is 0.141. The zero-order valence-corrected chi connectivity index (χ0v) is 14.8. The Labute approximate surface area is 144 Å². The summed E-state index contributed by atoms with van der Waals surface area (Å²) in [4.78, 5) is 14.3. The summed E-state index contributed by atoms with van der Waals surface area (Å²) in [6, 6.07) is 9.71. The van der Waals surface area contributed by atoms with Crippen molar-refractivity contribution >= 4 is 6.03 Å². The summed E-state index contributed by atoms with van der Waals surface area (Å²) in [5.74, 6) is 0. The van der Waals surface area contributed by atoms with Gasteiger partial charge in [0.2, 0.25) is 0 Å². The van der Waals surface area contributed by atoms with Crippen molar-refractivity contribution in [2.75, 3.05) is 39.8 Å². The number of carbonyl (C=O) groups excluding carboxylic acids is 1. The van der Waals surface area contributed by atoms with E-state index in [-0.39, 0.29) is 24.3 Å². The third-order valence-electron chi connectivity index (χ3n) is 4.11. The molecular formula is C18H29N3O3. The first-order valence-electron chi connectivity index (χ1n) is 8.55. The van der Waals surface area contributed by atoms with E-state index in [1.807, 2.05) is 30.3 Å². The molecule has 1 heterocycles. The van der Waals surface area contributed by atoms with Crippen LogP contribution in [0.5, 0.6) is 0 Å². The number of morpholine rings is 1. The van der Waals surface area contributed by atoms with Crippen LogP contribution in [0.4, 0.5) is 4.79 Å². The monoisotopic (exact) mass is 335 g/mol. The van der Waals surface area contributed by atoms with E-state index in [4.69, 9.17) is 9.47 Å². The van der Waals surface area contributed by atoms with E-state index in [0.29, 0.717) is 13.1 Å². The number of urea groups is 1. The third-order valence-corrected chi connectivity index (χ3v) is 4.11. The van der Waals surface area contributed by atoms with Gasteiger partial charge in [0.1, 0.15) is 0 Å². The molecule has 0 aromatic heterocycles. The SMILES string of the molecule is COC(CNC(=O)NCCN1CC(C)OC(C)C1)c1ccccc1. The Kier molecular flexibility index (Phi) is 7.49. The van der Waals surface area contributed by atoms with Crippen molar-refractivity contribution in [2.45, 2.75) is 32.2 Å². The first-order valence-corrected chi connectivity index (χ1v) is 8.55. The van der Waals surface area contributed by atoms with E-state index in [1.165, 1.54) is 0 Å². The highest BCUT2D eigenvalue weighted by atomic mass is 16.5. The largest absolute Gasteiger partial charge is 0.375 e. The number of nitrogens with one attached hydrogen (secondary N) is 2. The van der Waals surface area contributed by atoms with E-state index in [2.05, 4.69) is 29.4 Å². The summed E-state index contributed by atoms with van der Waals surface area (Å²) in [7, 11) is 1.65. The van der Waals surface area contributed by atoms with Gasteiger partial charge in [0.25, 0.3) is 0 Å². The Morgan fingerprint density at radius 3 is 2.54 bits per heavy atom. The van der Waals surface area contributed by atoms with Gasteiger partial charge in [-0.2, -0.15) is 0 Å². The van der Waals surface area contributed by atoms with Gasteiger partial charge in [0.05, 0.1) is 18.3 Å². The van der Waals surface area contributed by atoms with Crippen molar-refractivity contribution in [3.05, 3.63) is 35.9 Å². The fourth-order valence-corrected chi connectivity index (χ4v) is 3.05. The minimum atomic E-state index is -0.165. The Hall–Kier alpha value is -1.63. The van der Waals surface area contributed by atoms with Crippen molar-refractivity contribution < 1.29 is 14.3 Å². The van der Waals surface area contributed by atoms with Crippen LogP contribution >= 0.6 is 0 Å². The normalized spacial score (nSPS) is 22.8. The Morgan fingerprint density at radius 1 is 1.25 bits per heavy atom. The van der Waals surface area contributed by atoms with Gasteiger partial charge in [0, 0.05) is 39.8 Å². The molecule has 0 radical (unpaired) electrons.